The lowest BCUT2D eigenvalue weighted by molar-refractivity contribution is 0.604. The van der Waals surface area contributed by atoms with Crippen LogP contribution in [0.3, 0.4) is 0 Å². The summed E-state index contributed by atoms with van der Waals surface area (Å²) in [6.45, 7) is 0. The van der Waals surface area contributed by atoms with Crippen LogP contribution < -0.4 is 0 Å². The molecule has 0 aromatic carbocycles. The Morgan fingerprint density at radius 3 is 3.00 bits per heavy atom. The summed E-state index contributed by atoms with van der Waals surface area (Å²) in [6.07, 6.45) is 1.69. The Balaban J connectivity index is 2.72. The van der Waals surface area contributed by atoms with Crippen molar-refractivity contribution in [3.63, 3.8) is 0 Å². The average Bonchev–Trinajstić information content (AvgIpc) is 1.91. The molecule has 2 nitrogen and oxygen atoms in total. The molecule has 0 fully saturated rings. The molecule has 0 saturated heterocycles. The lowest BCUT2D eigenvalue weighted by Gasteiger charge is -1.82. The van der Waals surface area contributed by atoms with Crippen LogP contribution in [0.1, 0.15) is 5.69 Å². The maximum atomic E-state index is 9.98. The fourth-order valence-electron chi connectivity index (χ4n) is 0.544. The van der Waals surface area contributed by atoms with Crippen LogP contribution in [-0.4, -0.2) is 4.98 Å². The van der Waals surface area contributed by atoms with Crippen LogP contribution in [0.25, 0.3) is 0 Å². The third kappa shape index (κ3) is 1.85. The lowest BCUT2D eigenvalue weighted by Crippen LogP contribution is -1.84. The Hall–Kier alpha value is -0.830. The molecule has 0 N–H and O–H groups in total. The number of nitrogens with zero attached hydrogens (tertiary/aromatic N) is 1. The Morgan fingerprint density at radius 1 is 1.56 bits per heavy atom. The van der Waals surface area contributed by atoms with E-state index in [2.05, 4.69) is 4.98 Å². The highest BCUT2D eigenvalue weighted by Gasteiger charge is 1.99. The molecule has 1 heterocycles. The van der Waals surface area contributed by atoms with Gasteiger partial charge in [0.25, 0.3) is 5.75 Å². The standard InChI is InChI=1S/C6H6NOS/c8-9-5-6-3-1-2-4-7-6/h1-4H,5H2/q+1. The van der Waals surface area contributed by atoms with Gasteiger partial charge in [-0.25, -0.2) is 0 Å². The zero-order valence-electron chi connectivity index (χ0n) is 4.78. The van der Waals surface area contributed by atoms with Gasteiger partial charge in [-0.1, -0.05) is 6.07 Å². The minimum atomic E-state index is 0.459. The van der Waals surface area contributed by atoms with Gasteiger partial charge in [0.1, 0.15) is 5.69 Å². The van der Waals surface area contributed by atoms with Crippen molar-refractivity contribution < 1.29 is 4.21 Å². The van der Waals surface area contributed by atoms with Gasteiger partial charge in [0.05, 0.1) is 0 Å². The number of hydrogen-bond acceptors (Lipinski definition) is 2. The lowest BCUT2D eigenvalue weighted by atomic mass is 10.4. The molecule has 46 valence electrons. The van der Waals surface area contributed by atoms with E-state index in [-0.39, 0.29) is 0 Å². The predicted octanol–water partition coefficient (Wildman–Crippen LogP) is 1.01. The molecular weight excluding hydrogens is 134 g/mol. The molecule has 0 radical (unpaired) electrons. The van der Waals surface area contributed by atoms with E-state index >= 15 is 0 Å². The molecule has 0 spiro atoms. The zero-order chi connectivity index (χ0) is 6.53. The minimum absolute atomic E-state index is 0.459. The van der Waals surface area contributed by atoms with Crippen LogP contribution in [0.15, 0.2) is 24.4 Å². The fraction of sp³-hybridized carbons (Fsp3) is 0.167. The molecule has 0 aliphatic carbocycles. The Kier molecular flexibility index (Phi) is 2.27. The summed E-state index contributed by atoms with van der Waals surface area (Å²) < 4.78 is 9.98. The van der Waals surface area contributed by atoms with Crippen LogP contribution in [0.5, 0.6) is 0 Å². The quantitative estimate of drug-likeness (QED) is 0.574. The van der Waals surface area contributed by atoms with Crippen molar-refractivity contribution in [2.24, 2.45) is 0 Å². The molecule has 0 bridgehead atoms. The smallest absolute Gasteiger partial charge is 0.255 e. The van der Waals surface area contributed by atoms with E-state index < -0.39 is 0 Å². The topological polar surface area (TPSA) is 30.0 Å². The van der Waals surface area contributed by atoms with Crippen LogP contribution in [0.2, 0.25) is 0 Å². The highest BCUT2D eigenvalue weighted by molar-refractivity contribution is 7.64. The fourth-order valence-corrected chi connectivity index (χ4v) is 0.835. The first kappa shape index (κ1) is 6.29. The summed E-state index contributed by atoms with van der Waals surface area (Å²) in [5.74, 6) is 0.459. The van der Waals surface area contributed by atoms with Crippen LogP contribution >= 0.6 is 0 Å². The normalized spacial score (nSPS) is 8.89. The molecule has 0 aliphatic rings. The summed E-state index contributed by atoms with van der Waals surface area (Å²) in [4.78, 5) is 3.95. The summed E-state index contributed by atoms with van der Waals surface area (Å²) >= 11 is 0.542. The first-order valence-corrected chi connectivity index (χ1v) is 3.49. The van der Waals surface area contributed by atoms with Crippen molar-refractivity contribution in [3.8, 4) is 0 Å². The molecule has 0 saturated carbocycles. The molecule has 1 aromatic rings. The van der Waals surface area contributed by atoms with E-state index in [4.69, 9.17) is 0 Å². The van der Waals surface area contributed by atoms with Crippen LogP contribution in [0, 0.1) is 0 Å². The maximum Gasteiger partial charge on any atom is 0.465 e. The number of aromatic nitrogens is 1. The van der Waals surface area contributed by atoms with Crippen molar-refractivity contribution >= 4 is 11.7 Å². The second kappa shape index (κ2) is 3.25. The van der Waals surface area contributed by atoms with Gasteiger partial charge in [0.2, 0.25) is 0 Å². The highest BCUT2D eigenvalue weighted by Crippen LogP contribution is 1.91. The molecule has 0 atom stereocenters. The molecule has 0 aliphatic heterocycles. The SMILES string of the molecule is O=[S+]Cc1ccccn1. The van der Waals surface area contributed by atoms with Crippen LogP contribution in [-0.2, 0) is 21.6 Å². The maximum absolute atomic E-state index is 9.98. The Labute approximate surface area is 57.4 Å². The second-order valence-electron chi connectivity index (χ2n) is 1.58. The molecular formula is C6H6NOS+. The molecule has 0 amide bonds. The summed E-state index contributed by atoms with van der Waals surface area (Å²) in [5, 5.41) is 0. The van der Waals surface area contributed by atoms with E-state index in [1.807, 2.05) is 18.2 Å². The average molecular weight is 140 g/mol. The van der Waals surface area contributed by atoms with Crippen molar-refractivity contribution in [1.29, 1.82) is 0 Å². The van der Waals surface area contributed by atoms with Gasteiger partial charge in [-0.3, -0.25) is 4.98 Å². The Morgan fingerprint density at radius 2 is 2.44 bits per heavy atom. The van der Waals surface area contributed by atoms with Gasteiger partial charge in [0, 0.05) is 10.4 Å². The summed E-state index contributed by atoms with van der Waals surface area (Å²) in [6, 6.07) is 5.54. The van der Waals surface area contributed by atoms with Gasteiger partial charge < -0.3 is 0 Å². The van der Waals surface area contributed by atoms with Gasteiger partial charge in [-0.2, -0.15) is 0 Å². The van der Waals surface area contributed by atoms with E-state index in [1.165, 1.54) is 0 Å². The number of hydrogen-bond donors (Lipinski definition) is 0. The van der Waals surface area contributed by atoms with Crippen molar-refractivity contribution in [2.75, 3.05) is 0 Å². The molecule has 3 heteroatoms. The highest BCUT2D eigenvalue weighted by atomic mass is 32.1. The van der Waals surface area contributed by atoms with Gasteiger partial charge in [-0.05, 0) is 12.1 Å². The van der Waals surface area contributed by atoms with E-state index in [1.54, 1.807) is 6.20 Å². The summed E-state index contributed by atoms with van der Waals surface area (Å²) in [5.41, 5.74) is 0.845. The van der Waals surface area contributed by atoms with E-state index in [0.29, 0.717) is 17.4 Å². The van der Waals surface area contributed by atoms with Gasteiger partial charge in [-0.15, -0.1) is 0 Å². The Bertz CT molecular complexity index is 188. The first-order chi connectivity index (χ1) is 4.43. The zero-order valence-corrected chi connectivity index (χ0v) is 5.60. The van der Waals surface area contributed by atoms with E-state index in [9.17, 15) is 4.21 Å². The van der Waals surface area contributed by atoms with Crippen LogP contribution in [0.4, 0.5) is 0 Å². The predicted molar refractivity (Wildman–Crippen MR) is 36.0 cm³/mol. The largest absolute Gasteiger partial charge is 0.465 e. The van der Waals surface area contributed by atoms with Gasteiger partial charge >= 0.3 is 11.7 Å². The molecule has 1 aromatic heterocycles. The minimum Gasteiger partial charge on any atom is -0.255 e. The summed E-state index contributed by atoms with van der Waals surface area (Å²) in [7, 11) is 0. The van der Waals surface area contributed by atoms with Crippen molar-refractivity contribution in [2.45, 2.75) is 5.75 Å². The third-order valence-corrected chi connectivity index (χ3v) is 1.35. The number of rotatable bonds is 2. The van der Waals surface area contributed by atoms with Gasteiger partial charge in [0.15, 0.2) is 0 Å². The number of pyridine rings is 1. The molecule has 9 heavy (non-hydrogen) atoms. The van der Waals surface area contributed by atoms with Crippen molar-refractivity contribution in [1.82, 2.24) is 4.98 Å². The monoisotopic (exact) mass is 140 g/mol. The first-order valence-electron chi connectivity index (χ1n) is 2.58. The van der Waals surface area contributed by atoms with E-state index in [0.717, 1.165) is 5.69 Å². The molecule has 1 rings (SSSR count). The van der Waals surface area contributed by atoms with Crippen molar-refractivity contribution in [3.05, 3.63) is 30.1 Å². The second-order valence-corrected chi connectivity index (χ2v) is 2.11. The molecule has 0 unspecified atom stereocenters. The third-order valence-electron chi connectivity index (χ3n) is 0.933.